The van der Waals surface area contributed by atoms with Crippen molar-refractivity contribution < 1.29 is 9.15 Å². The predicted molar refractivity (Wildman–Crippen MR) is 69.1 cm³/mol. The van der Waals surface area contributed by atoms with Crippen LogP contribution in [0.15, 0.2) is 28.7 Å². The van der Waals surface area contributed by atoms with Gasteiger partial charge in [-0.05, 0) is 23.6 Å². The molecule has 1 aromatic heterocycles. The third-order valence-corrected chi connectivity index (χ3v) is 2.99. The molecule has 2 rings (SSSR count). The SMILES string of the molecule is COc1ccc2cc(C(N)C(C)(C)C)oc2c1. The highest BCUT2D eigenvalue weighted by molar-refractivity contribution is 5.79. The highest BCUT2D eigenvalue weighted by Crippen LogP contribution is 2.34. The molecule has 1 unspecified atom stereocenters. The van der Waals surface area contributed by atoms with Crippen molar-refractivity contribution in [3.8, 4) is 5.75 Å². The van der Waals surface area contributed by atoms with E-state index in [1.54, 1.807) is 7.11 Å². The van der Waals surface area contributed by atoms with Crippen molar-refractivity contribution >= 4 is 11.0 Å². The lowest BCUT2D eigenvalue weighted by Gasteiger charge is -2.24. The van der Waals surface area contributed by atoms with E-state index in [2.05, 4.69) is 20.8 Å². The quantitative estimate of drug-likeness (QED) is 0.863. The van der Waals surface area contributed by atoms with Crippen molar-refractivity contribution in [2.45, 2.75) is 26.8 Å². The normalized spacial score (nSPS) is 13.9. The predicted octanol–water partition coefficient (Wildman–Crippen LogP) is 3.49. The number of methoxy groups -OCH3 is 1. The van der Waals surface area contributed by atoms with Crippen molar-refractivity contribution in [2.75, 3.05) is 7.11 Å². The second kappa shape index (κ2) is 4.08. The topological polar surface area (TPSA) is 48.4 Å². The van der Waals surface area contributed by atoms with E-state index in [1.807, 2.05) is 24.3 Å². The van der Waals surface area contributed by atoms with Crippen LogP contribution in [0.4, 0.5) is 0 Å². The Bertz CT molecular complexity index is 522. The molecule has 1 heterocycles. The molecule has 17 heavy (non-hydrogen) atoms. The molecule has 0 aliphatic rings. The third kappa shape index (κ3) is 2.29. The summed E-state index contributed by atoms with van der Waals surface area (Å²) >= 11 is 0. The Morgan fingerprint density at radius 1 is 1.24 bits per heavy atom. The van der Waals surface area contributed by atoms with Gasteiger partial charge in [0.1, 0.15) is 17.1 Å². The van der Waals surface area contributed by atoms with Crippen molar-refractivity contribution in [3.63, 3.8) is 0 Å². The fourth-order valence-corrected chi connectivity index (χ4v) is 1.74. The van der Waals surface area contributed by atoms with Gasteiger partial charge in [-0.25, -0.2) is 0 Å². The van der Waals surface area contributed by atoms with E-state index < -0.39 is 0 Å². The summed E-state index contributed by atoms with van der Waals surface area (Å²) in [6.45, 7) is 6.31. The van der Waals surface area contributed by atoms with E-state index in [1.165, 1.54) is 0 Å². The van der Waals surface area contributed by atoms with Gasteiger partial charge in [0.2, 0.25) is 0 Å². The fraction of sp³-hybridized carbons (Fsp3) is 0.429. The first-order chi connectivity index (χ1) is 7.91. The minimum Gasteiger partial charge on any atom is -0.497 e. The van der Waals surface area contributed by atoms with Crippen LogP contribution in [-0.2, 0) is 0 Å². The van der Waals surface area contributed by atoms with Gasteiger partial charge in [-0.15, -0.1) is 0 Å². The van der Waals surface area contributed by atoms with Gasteiger partial charge in [0, 0.05) is 11.5 Å². The molecule has 2 N–H and O–H groups in total. The van der Waals surface area contributed by atoms with E-state index in [4.69, 9.17) is 14.9 Å². The molecule has 0 saturated heterocycles. The van der Waals surface area contributed by atoms with Gasteiger partial charge in [0.15, 0.2) is 0 Å². The minimum atomic E-state index is -0.110. The Hall–Kier alpha value is -1.48. The number of ether oxygens (including phenoxy) is 1. The van der Waals surface area contributed by atoms with Gasteiger partial charge in [-0.2, -0.15) is 0 Å². The van der Waals surface area contributed by atoms with E-state index in [0.717, 1.165) is 22.5 Å². The highest BCUT2D eigenvalue weighted by Gasteiger charge is 2.25. The summed E-state index contributed by atoms with van der Waals surface area (Å²) in [7, 11) is 1.64. The average Bonchev–Trinajstić information content (AvgIpc) is 2.68. The first-order valence-electron chi connectivity index (χ1n) is 5.75. The van der Waals surface area contributed by atoms with Gasteiger partial charge in [-0.1, -0.05) is 20.8 Å². The highest BCUT2D eigenvalue weighted by atomic mass is 16.5. The monoisotopic (exact) mass is 233 g/mol. The van der Waals surface area contributed by atoms with Crippen LogP contribution >= 0.6 is 0 Å². The maximum absolute atomic E-state index is 6.18. The van der Waals surface area contributed by atoms with Crippen LogP contribution in [0.25, 0.3) is 11.0 Å². The van der Waals surface area contributed by atoms with Crippen LogP contribution in [0.5, 0.6) is 5.75 Å². The number of nitrogens with two attached hydrogens (primary N) is 1. The van der Waals surface area contributed by atoms with Crippen molar-refractivity contribution in [1.82, 2.24) is 0 Å². The lowest BCUT2D eigenvalue weighted by Crippen LogP contribution is -2.25. The summed E-state index contributed by atoms with van der Waals surface area (Å²) in [4.78, 5) is 0. The zero-order valence-corrected chi connectivity index (χ0v) is 10.8. The summed E-state index contributed by atoms with van der Waals surface area (Å²) in [6.07, 6.45) is 0. The number of benzene rings is 1. The lowest BCUT2D eigenvalue weighted by atomic mass is 9.86. The van der Waals surface area contributed by atoms with Crippen molar-refractivity contribution in [3.05, 3.63) is 30.0 Å². The first-order valence-corrected chi connectivity index (χ1v) is 5.75. The molecule has 92 valence electrons. The van der Waals surface area contributed by atoms with E-state index in [0.29, 0.717) is 0 Å². The van der Waals surface area contributed by atoms with Gasteiger partial charge in [-0.3, -0.25) is 0 Å². The Morgan fingerprint density at radius 2 is 1.94 bits per heavy atom. The second-order valence-corrected chi connectivity index (χ2v) is 5.40. The molecular formula is C14H19NO2. The molecule has 0 radical (unpaired) electrons. The van der Waals surface area contributed by atoms with E-state index in [-0.39, 0.29) is 11.5 Å². The molecule has 3 heteroatoms. The molecule has 1 aromatic carbocycles. The molecule has 1 atom stereocenters. The molecule has 0 spiro atoms. The third-order valence-electron chi connectivity index (χ3n) is 2.99. The zero-order valence-electron chi connectivity index (χ0n) is 10.8. The summed E-state index contributed by atoms with van der Waals surface area (Å²) in [5.74, 6) is 1.61. The smallest absolute Gasteiger partial charge is 0.138 e. The summed E-state index contributed by atoms with van der Waals surface area (Å²) in [6, 6.07) is 7.68. The Labute approximate surface area is 102 Å². The molecule has 0 aliphatic carbocycles. The van der Waals surface area contributed by atoms with Gasteiger partial charge in [0.05, 0.1) is 13.2 Å². The number of fused-ring (bicyclic) bond motifs is 1. The zero-order chi connectivity index (χ0) is 12.6. The van der Waals surface area contributed by atoms with Crippen LogP contribution in [0.1, 0.15) is 32.6 Å². The molecule has 3 nitrogen and oxygen atoms in total. The van der Waals surface area contributed by atoms with Crippen LogP contribution in [0, 0.1) is 5.41 Å². The Balaban J connectivity index is 2.44. The minimum absolute atomic E-state index is 0.0159. The van der Waals surface area contributed by atoms with Crippen LogP contribution < -0.4 is 10.5 Å². The van der Waals surface area contributed by atoms with Crippen LogP contribution in [0.3, 0.4) is 0 Å². The lowest BCUT2D eigenvalue weighted by molar-refractivity contribution is 0.290. The maximum Gasteiger partial charge on any atom is 0.138 e. The van der Waals surface area contributed by atoms with Crippen LogP contribution in [-0.4, -0.2) is 7.11 Å². The Morgan fingerprint density at radius 3 is 2.53 bits per heavy atom. The van der Waals surface area contributed by atoms with Gasteiger partial charge >= 0.3 is 0 Å². The summed E-state index contributed by atoms with van der Waals surface area (Å²) in [5.41, 5.74) is 6.98. The number of rotatable bonds is 2. The molecule has 0 bridgehead atoms. The standard InChI is InChI=1S/C14H19NO2/c1-14(2,3)13(15)12-7-9-5-6-10(16-4)8-11(9)17-12/h5-8,13H,15H2,1-4H3. The first kappa shape index (κ1) is 12.0. The fourth-order valence-electron chi connectivity index (χ4n) is 1.74. The van der Waals surface area contributed by atoms with Gasteiger partial charge < -0.3 is 14.9 Å². The molecule has 0 saturated carbocycles. The maximum atomic E-state index is 6.18. The second-order valence-electron chi connectivity index (χ2n) is 5.40. The van der Waals surface area contributed by atoms with Crippen molar-refractivity contribution in [1.29, 1.82) is 0 Å². The van der Waals surface area contributed by atoms with E-state index >= 15 is 0 Å². The Kier molecular flexibility index (Phi) is 2.87. The summed E-state index contributed by atoms with van der Waals surface area (Å²) in [5, 5.41) is 1.06. The molecular weight excluding hydrogens is 214 g/mol. The number of hydrogen-bond acceptors (Lipinski definition) is 3. The van der Waals surface area contributed by atoms with Crippen molar-refractivity contribution in [2.24, 2.45) is 11.1 Å². The van der Waals surface area contributed by atoms with Crippen LogP contribution in [0.2, 0.25) is 0 Å². The number of furan rings is 1. The molecule has 2 aromatic rings. The molecule has 0 fully saturated rings. The average molecular weight is 233 g/mol. The summed E-state index contributed by atoms with van der Waals surface area (Å²) < 4.78 is 11.0. The van der Waals surface area contributed by atoms with Gasteiger partial charge in [0.25, 0.3) is 0 Å². The number of hydrogen-bond donors (Lipinski definition) is 1. The largest absolute Gasteiger partial charge is 0.497 e. The molecule has 0 amide bonds. The van der Waals surface area contributed by atoms with E-state index in [9.17, 15) is 0 Å². The molecule has 0 aliphatic heterocycles.